The second-order valence-electron chi connectivity index (χ2n) is 8.99. The smallest absolute Gasteiger partial charge is 0.225 e. The fourth-order valence-electron chi connectivity index (χ4n) is 4.84. The molecule has 1 saturated heterocycles. The fourth-order valence-corrected chi connectivity index (χ4v) is 4.84. The van der Waals surface area contributed by atoms with Crippen molar-refractivity contribution in [2.45, 2.75) is 25.3 Å². The third-order valence-electron chi connectivity index (χ3n) is 6.71. The van der Waals surface area contributed by atoms with E-state index in [9.17, 15) is 4.79 Å². The largest absolute Gasteiger partial charge is 0.497 e. The quantitative estimate of drug-likeness (QED) is 0.258. The molecule has 3 heterocycles. The van der Waals surface area contributed by atoms with E-state index >= 15 is 0 Å². The molecule has 1 atom stereocenters. The normalized spacial score (nSPS) is 15.9. The summed E-state index contributed by atoms with van der Waals surface area (Å²) in [6.07, 6.45) is 7.46. The molecule has 2 aromatic heterocycles. The van der Waals surface area contributed by atoms with Gasteiger partial charge in [-0.25, -0.2) is 4.98 Å². The molecule has 1 aliphatic heterocycles. The lowest BCUT2D eigenvalue weighted by Crippen LogP contribution is -2.30. The van der Waals surface area contributed by atoms with Crippen LogP contribution < -0.4 is 9.47 Å². The highest BCUT2D eigenvalue weighted by atomic mass is 16.5. The predicted molar refractivity (Wildman–Crippen MR) is 140 cm³/mol. The molecular weight excluding hydrogens is 452 g/mol. The first-order chi connectivity index (χ1) is 17.7. The number of piperidine rings is 1. The van der Waals surface area contributed by atoms with Crippen LogP contribution >= 0.6 is 0 Å². The number of aromatic nitrogens is 3. The molecule has 4 aromatic rings. The molecule has 7 nitrogen and oxygen atoms in total. The molecule has 0 unspecified atom stereocenters. The van der Waals surface area contributed by atoms with Crippen LogP contribution in [0.1, 0.15) is 40.4 Å². The van der Waals surface area contributed by atoms with Crippen LogP contribution in [0.15, 0.2) is 79.1 Å². The highest BCUT2D eigenvalue weighted by Gasteiger charge is 2.22. The number of hydrogen-bond donors (Lipinski definition) is 0. The molecule has 0 N–H and O–H groups in total. The van der Waals surface area contributed by atoms with E-state index in [1.165, 1.54) is 5.56 Å². The summed E-state index contributed by atoms with van der Waals surface area (Å²) in [5.41, 5.74) is 3.54. The zero-order valence-electron chi connectivity index (χ0n) is 20.6. The average Bonchev–Trinajstić information content (AvgIpc) is 3.31. The molecular formula is C29H30N4O3. The van der Waals surface area contributed by atoms with Gasteiger partial charge in [0.1, 0.15) is 11.4 Å². The lowest BCUT2D eigenvalue weighted by molar-refractivity contribution is 0.104. The number of carbonyl (C=O) groups is 1. The maximum atomic E-state index is 13.4. The Morgan fingerprint density at radius 2 is 1.86 bits per heavy atom. The van der Waals surface area contributed by atoms with Crippen molar-refractivity contribution in [3.8, 4) is 11.6 Å². The van der Waals surface area contributed by atoms with Crippen molar-refractivity contribution in [3.63, 3.8) is 0 Å². The number of rotatable bonds is 8. The Morgan fingerprint density at radius 1 is 1.06 bits per heavy atom. The minimum Gasteiger partial charge on any atom is -0.497 e. The molecule has 0 saturated carbocycles. The van der Waals surface area contributed by atoms with Gasteiger partial charge < -0.3 is 14.4 Å². The van der Waals surface area contributed by atoms with Gasteiger partial charge in [0.05, 0.1) is 31.7 Å². The highest BCUT2D eigenvalue weighted by molar-refractivity contribution is 6.12. The number of allylic oxidation sites excluding steroid dienone is 1. The summed E-state index contributed by atoms with van der Waals surface area (Å²) in [6.45, 7) is 2.34. The zero-order valence-corrected chi connectivity index (χ0v) is 20.6. The maximum absolute atomic E-state index is 13.4. The molecule has 0 bridgehead atoms. The number of nitrogens with zero attached hydrogens (tertiary/aromatic N) is 4. The van der Waals surface area contributed by atoms with Crippen molar-refractivity contribution in [3.05, 3.63) is 96.0 Å². The summed E-state index contributed by atoms with van der Waals surface area (Å²) in [4.78, 5) is 19.9. The lowest BCUT2D eigenvalue weighted by Gasteiger charge is -2.32. The lowest BCUT2D eigenvalue weighted by atomic mass is 9.91. The molecule has 1 aliphatic rings. The third-order valence-corrected chi connectivity index (χ3v) is 6.71. The Bertz CT molecular complexity index is 1360. The highest BCUT2D eigenvalue weighted by Crippen LogP contribution is 2.29. The molecule has 0 radical (unpaired) electrons. The van der Waals surface area contributed by atoms with E-state index in [0.717, 1.165) is 42.8 Å². The predicted octanol–water partition coefficient (Wildman–Crippen LogP) is 5.07. The molecule has 2 aromatic carbocycles. The molecule has 7 heteroatoms. The second-order valence-corrected chi connectivity index (χ2v) is 8.99. The summed E-state index contributed by atoms with van der Waals surface area (Å²) in [6, 6.07) is 20.3. The van der Waals surface area contributed by atoms with Gasteiger partial charge in [-0.3, -0.25) is 9.48 Å². The van der Waals surface area contributed by atoms with E-state index in [-0.39, 0.29) is 5.78 Å². The summed E-state index contributed by atoms with van der Waals surface area (Å²) in [7, 11) is 3.20. The van der Waals surface area contributed by atoms with Gasteiger partial charge in [0, 0.05) is 37.5 Å². The average molecular weight is 483 g/mol. The van der Waals surface area contributed by atoms with E-state index < -0.39 is 0 Å². The maximum Gasteiger partial charge on any atom is 0.225 e. The van der Waals surface area contributed by atoms with Crippen LogP contribution in [-0.2, 0) is 6.54 Å². The minimum atomic E-state index is -0.165. The number of hydrogen-bond acceptors (Lipinski definition) is 6. The summed E-state index contributed by atoms with van der Waals surface area (Å²) in [5.74, 6) is 1.49. The van der Waals surface area contributed by atoms with Crippen LogP contribution in [0.2, 0.25) is 0 Å². The van der Waals surface area contributed by atoms with Gasteiger partial charge in [0.2, 0.25) is 11.7 Å². The Labute approximate surface area is 211 Å². The molecule has 5 rings (SSSR count). The Kier molecular flexibility index (Phi) is 6.98. The van der Waals surface area contributed by atoms with E-state index in [2.05, 4.69) is 34.1 Å². The number of ether oxygens (including phenoxy) is 2. The van der Waals surface area contributed by atoms with Crippen molar-refractivity contribution in [1.82, 2.24) is 19.7 Å². The van der Waals surface area contributed by atoms with Gasteiger partial charge in [-0.15, -0.1) is 0 Å². The summed E-state index contributed by atoms with van der Waals surface area (Å²) in [5, 5.41) is 5.34. The summed E-state index contributed by atoms with van der Waals surface area (Å²) >= 11 is 0. The second kappa shape index (κ2) is 10.6. The van der Waals surface area contributed by atoms with E-state index in [1.807, 2.05) is 47.3 Å². The van der Waals surface area contributed by atoms with Crippen molar-refractivity contribution in [2.24, 2.45) is 0 Å². The topological polar surface area (TPSA) is 69.5 Å². The van der Waals surface area contributed by atoms with Crippen molar-refractivity contribution >= 4 is 16.7 Å². The van der Waals surface area contributed by atoms with Crippen LogP contribution in [0.3, 0.4) is 0 Å². The SMILES string of the molecule is COc1ccc(Cn2nc(C(=O)C=CN3CCC[C@H](c4ccccc4)C3)c3c(OC)nccc32)cc1. The van der Waals surface area contributed by atoms with Crippen LogP contribution in [0.25, 0.3) is 10.9 Å². The molecule has 0 aliphatic carbocycles. The van der Waals surface area contributed by atoms with Crippen LogP contribution in [0.5, 0.6) is 11.6 Å². The van der Waals surface area contributed by atoms with Crippen molar-refractivity contribution in [1.29, 1.82) is 0 Å². The van der Waals surface area contributed by atoms with Gasteiger partial charge in [-0.05, 0) is 42.2 Å². The third kappa shape index (κ3) is 4.96. The molecule has 0 spiro atoms. The Hall–Kier alpha value is -4.13. The number of benzene rings is 2. The van der Waals surface area contributed by atoms with E-state index in [4.69, 9.17) is 14.6 Å². The van der Waals surface area contributed by atoms with Crippen molar-refractivity contribution < 1.29 is 14.3 Å². The van der Waals surface area contributed by atoms with Crippen molar-refractivity contribution in [2.75, 3.05) is 27.3 Å². The number of pyridine rings is 1. The Morgan fingerprint density at radius 3 is 2.61 bits per heavy atom. The van der Waals surface area contributed by atoms with Crippen LogP contribution in [-0.4, -0.2) is 52.8 Å². The number of fused-ring (bicyclic) bond motifs is 1. The first kappa shape index (κ1) is 23.6. The Balaban J connectivity index is 1.40. The van der Waals surface area contributed by atoms with Gasteiger partial charge in [0.25, 0.3) is 0 Å². The number of carbonyl (C=O) groups excluding carboxylic acids is 1. The van der Waals surface area contributed by atoms with Gasteiger partial charge in [-0.2, -0.15) is 5.10 Å². The standard InChI is InChI=1S/C29H30N4O3/c1-35-24-12-10-21(11-13-24)19-33-25-14-16-30-29(36-2)27(25)28(31-33)26(34)15-18-32-17-6-9-23(20-32)22-7-4-3-5-8-22/h3-5,7-8,10-16,18,23H,6,9,17,19-20H2,1-2H3/t23-/m0/s1. The first-order valence-electron chi connectivity index (χ1n) is 12.2. The van der Waals surface area contributed by atoms with Gasteiger partial charge in [0.15, 0.2) is 0 Å². The van der Waals surface area contributed by atoms with Gasteiger partial charge >= 0.3 is 0 Å². The molecule has 184 valence electrons. The molecule has 0 amide bonds. The number of methoxy groups -OCH3 is 2. The van der Waals surface area contributed by atoms with E-state index in [0.29, 0.717) is 29.4 Å². The molecule has 36 heavy (non-hydrogen) atoms. The van der Waals surface area contributed by atoms with Gasteiger partial charge in [-0.1, -0.05) is 42.5 Å². The first-order valence-corrected chi connectivity index (χ1v) is 12.2. The zero-order chi connectivity index (χ0) is 24.9. The van der Waals surface area contributed by atoms with E-state index in [1.54, 1.807) is 26.5 Å². The fraction of sp³-hybridized carbons (Fsp3) is 0.276. The summed E-state index contributed by atoms with van der Waals surface area (Å²) < 4.78 is 12.6. The number of likely N-dealkylation sites (tertiary alicyclic amines) is 1. The molecule has 1 fully saturated rings. The number of ketones is 1. The van der Waals surface area contributed by atoms with Crippen LogP contribution in [0.4, 0.5) is 0 Å². The monoisotopic (exact) mass is 482 g/mol. The minimum absolute atomic E-state index is 0.165. The van der Waals surface area contributed by atoms with Crippen LogP contribution in [0, 0.1) is 0 Å².